The summed E-state index contributed by atoms with van der Waals surface area (Å²) >= 11 is 0. The molecule has 7 nitrogen and oxygen atoms in total. The van der Waals surface area contributed by atoms with Crippen molar-refractivity contribution >= 4 is 41.5 Å². The number of guanidine groups is 1. The molecule has 1 amide bonds. The normalized spacial score (nSPS) is 14.4. The molecule has 2 aromatic rings. The summed E-state index contributed by atoms with van der Waals surface area (Å²) in [4.78, 5) is 17.8. The minimum atomic E-state index is 0. The second-order valence-electron chi connectivity index (χ2n) is 5.59. The number of hydrogen-bond donors (Lipinski definition) is 2. The summed E-state index contributed by atoms with van der Waals surface area (Å²) in [5, 5.41) is 10.3. The van der Waals surface area contributed by atoms with Crippen LogP contribution in [0.2, 0.25) is 0 Å². The van der Waals surface area contributed by atoms with Gasteiger partial charge in [-0.1, -0.05) is 17.3 Å². The van der Waals surface area contributed by atoms with E-state index in [1.807, 2.05) is 29.2 Å². The molecule has 1 aliphatic rings. The summed E-state index contributed by atoms with van der Waals surface area (Å²) in [6.07, 6.45) is 3.13. The molecule has 25 heavy (non-hydrogen) atoms. The zero-order chi connectivity index (χ0) is 16.8. The molecule has 0 aliphatic carbocycles. The molecule has 1 aliphatic heterocycles. The minimum Gasteiger partial charge on any atom is -0.364 e. The fourth-order valence-corrected chi connectivity index (χ4v) is 2.62. The van der Waals surface area contributed by atoms with E-state index in [1.165, 1.54) is 0 Å². The van der Waals surface area contributed by atoms with E-state index in [4.69, 9.17) is 4.52 Å². The van der Waals surface area contributed by atoms with Gasteiger partial charge in [0.1, 0.15) is 12.0 Å². The molecule has 0 radical (unpaired) electrons. The first kappa shape index (κ1) is 19.2. The number of amides is 1. The van der Waals surface area contributed by atoms with Crippen LogP contribution in [-0.2, 0) is 17.9 Å². The molecule has 0 spiro atoms. The van der Waals surface area contributed by atoms with Gasteiger partial charge >= 0.3 is 0 Å². The van der Waals surface area contributed by atoms with E-state index in [2.05, 4.69) is 20.8 Å². The first-order chi connectivity index (χ1) is 11.8. The number of carbonyl (C=O) groups is 1. The zero-order valence-corrected chi connectivity index (χ0v) is 16.4. The van der Waals surface area contributed by atoms with E-state index >= 15 is 0 Å². The lowest BCUT2D eigenvalue weighted by Gasteiger charge is -2.16. The number of carbonyl (C=O) groups excluding carboxylic acids is 1. The maximum atomic E-state index is 11.8. The number of halogens is 1. The molecule has 1 fully saturated rings. The molecule has 134 valence electrons. The number of nitrogens with one attached hydrogen (secondary N) is 2. The summed E-state index contributed by atoms with van der Waals surface area (Å²) in [5.41, 5.74) is 2.90. The molecule has 0 atom stereocenters. The fraction of sp³-hybridized carbons (Fsp3) is 0.353. The number of rotatable bonds is 5. The van der Waals surface area contributed by atoms with E-state index in [0.29, 0.717) is 25.5 Å². The first-order valence-corrected chi connectivity index (χ1v) is 7.99. The monoisotopic (exact) mass is 455 g/mol. The van der Waals surface area contributed by atoms with Gasteiger partial charge in [0.05, 0.1) is 6.54 Å². The number of benzene rings is 1. The molecular formula is C17H22IN5O2. The highest BCUT2D eigenvalue weighted by molar-refractivity contribution is 14.0. The van der Waals surface area contributed by atoms with Gasteiger partial charge in [0.15, 0.2) is 5.96 Å². The Morgan fingerprint density at radius 1 is 1.24 bits per heavy atom. The standard InChI is InChI=1S/C17H21N5O2.HI/c1-18-17(20-12-14-8-10-24-21-14)19-11-13-4-6-15(7-5-13)22-9-2-3-16(22)23;/h4-8,10H,2-3,9,11-12H2,1H3,(H2,18,19,20);1H. The van der Waals surface area contributed by atoms with Gasteiger partial charge in [-0.3, -0.25) is 9.79 Å². The quantitative estimate of drug-likeness (QED) is 0.411. The van der Waals surface area contributed by atoms with Crippen LogP contribution in [0.3, 0.4) is 0 Å². The number of hydrogen-bond acceptors (Lipinski definition) is 4. The molecule has 2 N–H and O–H groups in total. The van der Waals surface area contributed by atoms with Crippen LogP contribution < -0.4 is 15.5 Å². The second-order valence-corrected chi connectivity index (χ2v) is 5.59. The lowest BCUT2D eigenvalue weighted by molar-refractivity contribution is -0.117. The molecule has 0 unspecified atom stereocenters. The summed E-state index contributed by atoms with van der Waals surface area (Å²) in [6.45, 7) is 2.01. The Hall–Kier alpha value is -2.10. The third-order valence-corrected chi connectivity index (χ3v) is 3.93. The van der Waals surface area contributed by atoms with E-state index in [0.717, 1.165) is 29.9 Å². The average Bonchev–Trinajstić information content (AvgIpc) is 3.27. The highest BCUT2D eigenvalue weighted by atomic mass is 127. The Balaban J connectivity index is 0.00000225. The smallest absolute Gasteiger partial charge is 0.227 e. The summed E-state index contributed by atoms with van der Waals surface area (Å²) < 4.78 is 4.79. The number of aromatic nitrogens is 1. The largest absolute Gasteiger partial charge is 0.364 e. The summed E-state index contributed by atoms with van der Waals surface area (Å²) in [5.74, 6) is 0.898. The molecule has 2 heterocycles. The maximum absolute atomic E-state index is 11.8. The van der Waals surface area contributed by atoms with Gasteiger partial charge in [-0.2, -0.15) is 0 Å². The van der Waals surface area contributed by atoms with Crippen molar-refractivity contribution in [1.82, 2.24) is 15.8 Å². The van der Waals surface area contributed by atoms with Gasteiger partial charge in [-0.05, 0) is 24.1 Å². The fourth-order valence-electron chi connectivity index (χ4n) is 2.62. The second kappa shape index (κ2) is 9.40. The van der Waals surface area contributed by atoms with Crippen LogP contribution in [-0.4, -0.2) is 30.6 Å². The lowest BCUT2D eigenvalue weighted by atomic mass is 10.2. The van der Waals surface area contributed by atoms with E-state index in [9.17, 15) is 4.79 Å². The molecule has 1 aromatic heterocycles. The molecular weight excluding hydrogens is 433 g/mol. The van der Waals surface area contributed by atoms with Crippen molar-refractivity contribution in [2.24, 2.45) is 4.99 Å². The van der Waals surface area contributed by atoms with Crippen LogP contribution in [0.4, 0.5) is 5.69 Å². The third-order valence-electron chi connectivity index (χ3n) is 3.93. The Kier molecular flexibility index (Phi) is 7.23. The van der Waals surface area contributed by atoms with Crippen LogP contribution in [0.1, 0.15) is 24.1 Å². The highest BCUT2D eigenvalue weighted by Crippen LogP contribution is 2.21. The van der Waals surface area contributed by atoms with Crippen LogP contribution in [0.15, 0.2) is 46.1 Å². The van der Waals surface area contributed by atoms with Gasteiger partial charge in [0, 0.05) is 38.3 Å². The van der Waals surface area contributed by atoms with Crippen LogP contribution >= 0.6 is 24.0 Å². The van der Waals surface area contributed by atoms with Crippen molar-refractivity contribution in [2.45, 2.75) is 25.9 Å². The Labute approximate surface area is 163 Å². The van der Waals surface area contributed by atoms with E-state index < -0.39 is 0 Å². The van der Waals surface area contributed by atoms with Crippen molar-refractivity contribution in [3.8, 4) is 0 Å². The lowest BCUT2D eigenvalue weighted by Crippen LogP contribution is -2.36. The average molecular weight is 455 g/mol. The van der Waals surface area contributed by atoms with Gasteiger partial charge in [0.2, 0.25) is 5.91 Å². The highest BCUT2D eigenvalue weighted by Gasteiger charge is 2.21. The van der Waals surface area contributed by atoms with E-state index in [-0.39, 0.29) is 29.9 Å². The number of anilines is 1. The molecule has 1 aromatic carbocycles. The van der Waals surface area contributed by atoms with Crippen molar-refractivity contribution in [3.63, 3.8) is 0 Å². The molecule has 8 heteroatoms. The summed E-state index contributed by atoms with van der Waals surface area (Å²) in [6, 6.07) is 9.84. The zero-order valence-electron chi connectivity index (χ0n) is 14.1. The van der Waals surface area contributed by atoms with Crippen LogP contribution in [0.5, 0.6) is 0 Å². The van der Waals surface area contributed by atoms with Gasteiger partial charge in [-0.15, -0.1) is 24.0 Å². The molecule has 1 saturated heterocycles. The molecule has 3 rings (SSSR count). The third kappa shape index (κ3) is 5.18. The van der Waals surface area contributed by atoms with Crippen LogP contribution in [0.25, 0.3) is 0 Å². The van der Waals surface area contributed by atoms with Gasteiger partial charge < -0.3 is 20.1 Å². The van der Waals surface area contributed by atoms with Gasteiger partial charge in [0.25, 0.3) is 0 Å². The van der Waals surface area contributed by atoms with Crippen molar-refractivity contribution < 1.29 is 9.32 Å². The van der Waals surface area contributed by atoms with Crippen LogP contribution in [0, 0.1) is 0 Å². The van der Waals surface area contributed by atoms with Gasteiger partial charge in [-0.25, -0.2) is 0 Å². The molecule has 0 saturated carbocycles. The topological polar surface area (TPSA) is 82.8 Å². The number of nitrogens with zero attached hydrogens (tertiary/aromatic N) is 3. The minimum absolute atomic E-state index is 0. The molecule has 0 bridgehead atoms. The predicted molar refractivity (Wildman–Crippen MR) is 107 cm³/mol. The SMILES string of the molecule is CN=C(NCc1ccc(N2CCCC2=O)cc1)NCc1ccon1.I. The first-order valence-electron chi connectivity index (χ1n) is 7.99. The Bertz CT molecular complexity index is 700. The number of aliphatic imine (C=N–C) groups is 1. The van der Waals surface area contributed by atoms with Crippen molar-refractivity contribution in [3.05, 3.63) is 47.9 Å². The van der Waals surface area contributed by atoms with Crippen molar-refractivity contribution in [1.29, 1.82) is 0 Å². The predicted octanol–water partition coefficient (Wildman–Crippen LogP) is 2.28. The maximum Gasteiger partial charge on any atom is 0.227 e. The van der Waals surface area contributed by atoms with Crippen molar-refractivity contribution in [2.75, 3.05) is 18.5 Å². The Morgan fingerprint density at radius 2 is 2.00 bits per heavy atom. The Morgan fingerprint density at radius 3 is 2.60 bits per heavy atom. The van der Waals surface area contributed by atoms with E-state index in [1.54, 1.807) is 19.4 Å². The summed E-state index contributed by atoms with van der Waals surface area (Å²) in [7, 11) is 1.72.